The summed E-state index contributed by atoms with van der Waals surface area (Å²) < 4.78 is 4.71. The molecule has 0 aliphatic heterocycles. The third-order valence-electron chi connectivity index (χ3n) is 1.80. The van der Waals surface area contributed by atoms with Crippen LogP contribution in [-0.4, -0.2) is 4.57 Å². The number of benzene rings is 1. The van der Waals surface area contributed by atoms with Gasteiger partial charge in [0.15, 0.2) is 0 Å². The van der Waals surface area contributed by atoms with E-state index in [0.717, 1.165) is 0 Å². The normalized spacial score (nSPS) is 10.3. The topological polar surface area (TPSA) is 4.93 Å². The van der Waals surface area contributed by atoms with Crippen LogP contribution >= 0.6 is 45.2 Å². The predicted molar refractivity (Wildman–Crippen MR) is 71.2 cm³/mol. The van der Waals surface area contributed by atoms with E-state index in [1.54, 1.807) is 0 Å². The van der Waals surface area contributed by atoms with Crippen molar-refractivity contribution in [3.05, 3.63) is 49.9 Å². The second-order valence-electron chi connectivity index (χ2n) is 2.65. The van der Waals surface area contributed by atoms with Gasteiger partial charge in [-0.3, -0.25) is 4.57 Å². The number of hydrogen-bond donors (Lipinski definition) is 0. The monoisotopic (exact) mass is 395 g/mol. The number of aromatic nitrogens is 1. The molecule has 13 heavy (non-hydrogen) atoms. The Hall–Kier alpha value is -0.0400. The van der Waals surface area contributed by atoms with E-state index in [4.69, 9.17) is 0 Å². The SMILES string of the molecule is Ic1ccc(I)n1-c1ccccc1. The molecule has 66 valence electrons. The van der Waals surface area contributed by atoms with E-state index < -0.39 is 0 Å². The Labute approximate surface area is 104 Å². The molecule has 0 saturated carbocycles. The molecule has 2 rings (SSSR count). The summed E-state index contributed by atoms with van der Waals surface area (Å²) in [6.07, 6.45) is 0. The van der Waals surface area contributed by atoms with Crippen molar-refractivity contribution >= 4 is 45.2 Å². The lowest BCUT2D eigenvalue weighted by Crippen LogP contribution is -1.97. The minimum Gasteiger partial charge on any atom is -0.300 e. The Morgan fingerprint density at radius 3 is 1.85 bits per heavy atom. The first kappa shape index (κ1) is 9.51. The lowest BCUT2D eigenvalue weighted by molar-refractivity contribution is 1.01. The standard InChI is InChI=1S/C10H7I2N/c11-9-6-7-10(12)13(9)8-4-2-1-3-5-8/h1-7H. The summed E-state index contributed by atoms with van der Waals surface area (Å²) in [6, 6.07) is 14.6. The smallest absolute Gasteiger partial charge is 0.0852 e. The Morgan fingerprint density at radius 2 is 1.31 bits per heavy atom. The summed E-state index contributed by atoms with van der Waals surface area (Å²) in [5.74, 6) is 0. The Kier molecular flexibility index (Phi) is 2.92. The zero-order chi connectivity index (χ0) is 9.26. The second kappa shape index (κ2) is 4.00. The molecule has 0 atom stereocenters. The van der Waals surface area contributed by atoms with Gasteiger partial charge >= 0.3 is 0 Å². The minimum absolute atomic E-state index is 1.22. The van der Waals surface area contributed by atoms with Crippen molar-refractivity contribution in [3.63, 3.8) is 0 Å². The van der Waals surface area contributed by atoms with Gasteiger partial charge in [0.2, 0.25) is 0 Å². The highest BCUT2D eigenvalue weighted by molar-refractivity contribution is 14.1. The van der Waals surface area contributed by atoms with Crippen LogP contribution in [0.3, 0.4) is 0 Å². The first-order chi connectivity index (χ1) is 6.29. The molecule has 1 heterocycles. The quantitative estimate of drug-likeness (QED) is 0.650. The molecule has 0 fully saturated rings. The van der Waals surface area contributed by atoms with Gasteiger partial charge in [-0.25, -0.2) is 0 Å². The van der Waals surface area contributed by atoms with Crippen LogP contribution in [-0.2, 0) is 0 Å². The maximum absolute atomic E-state index is 2.34. The fraction of sp³-hybridized carbons (Fsp3) is 0. The molecule has 0 saturated heterocycles. The number of nitrogens with zero attached hydrogens (tertiary/aromatic N) is 1. The maximum Gasteiger partial charge on any atom is 0.0852 e. The van der Waals surface area contributed by atoms with E-state index in [1.165, 1.54) is 13.1 Å². The summed E-state index contributed by atoms with van der Waals surface area (Å²) in [4.78, 5) is 0. The third kappa shape index (κ3) is 1.90. The molecule has 3 heteroatoms. The van der Waals surface area contributed by atoms with Crippen molar-refractivity contribution in [1.29, 1.82) is 0 Å². The summed E-state index contributed by atoms with van der Waals surface area (Å²) >= 11 is 4.69. The van der Waals surface area contributed by atoms with Crippen LogP contribution in [0.25, 0.3) is 5.69 Å². The molecule has 1 aromatic carbocycles. The molecule has 0 radical (unpaired) electrons. The molecule has 0 amide bonds. The Bertz CT molecular complexity index is 387. The van der Waals surface area contributed by atoms with Gasteiger partial charge in [-0.15, -0.1) is 0 Å². The van der Waals surface area contributed by atoms with Crippen LogP contribution in [0.1, 0.15) is 0 Å². The molecule has 0 bridgehead atoms. The van der Waals surface area contributed by atoms with Gasteiger partial charge in [-0.1, -0.05) is 18.2 Å². The number of halogens is 2. The second-order valence-corrected chi connectivity index (χ2v) is 4.86. The van der Waals surface area contributed by atoms with E-state index in [1.807, 2.05) is 6.07 Å². The number of hydrogen-bond acceptors (Lipinski definition) is 0. The molecule has 0 unspecified atom stereocenters. The molecule has 1 nitrogen and oxygen atoms in total. The van der Waals surface area contributed by atoms with Crippen LogP contribution in [0.4, 0.5) is 0 Å². The molecule has 0 aliphatic carbocycles. The lowest BCUT2D eigenvalue weighted by atomic mass is 10.3. The van der Waals surface area contributed by atoms with Gasteiger partial charge in [0, 0.05) is 5.69 Å². The van der Waals surface area contributed by atoms with Crippen molar-refractivity contribution in [3.8, 4) is 5.69 Å². The van der Waals surface area contributed by atoms with E-state index in [9.17, 15) is 0 Å². The Balaban J connectivity index is 2.59. The summed E-state index contributed by atoms with van der Waals surface area (Å²) in [5, 5.41) is 0. The predicted octanol–water partition coefficient (Wildman–Crippen LogP) is 3.69. The maximum atomic E-state index is 2.34. The van der Waals surface area contributed by atoms with Gasteiger partial charge in [0.1, 0.15) is 0 Å². The van der Waals surface area contributed by atoms with E-state index in [-0.39, 0.29) is 0 Å². The van der Waals surface area contributed by atoms with Crippen LogP contribution < -0.4 is 0 Å². The molecule has 0 N–H and O–H groups in total. The van der Waals surface area contributed by atoms with Gasteiger partial charge in [0.25, 0.3) is 0 Å². The summed E-state index contributed by atoms with van der Waals surface area (Å²) in [6.45, 7) is 0. The highest BCUT2D eigenvalue weighted by Gasteiger charge is 2.03. The summed E-state index contributed by atoms with van der Waals surface area (Å²) in [7, 11) is 0. The van der Waals surface area contributed by atoms with Crippen LogP contribution in [0.15, 0.2) is 42.5 Å². The highest BCUT2D eigenvalue weighted by Crippen LogP contribution is 2.19. The largest absolute Gasteiger partial charge is 0.300 e. The molecular formula is C10H7I2N. The molecule has 0 spiro atoms. The van der Waals surface area contributed by atoms with Crippen molar-refractivity contribution in [2.24, 2.45) is 0 Å². The third-order valence-corrected chi connectivity index (χ3v) is 3.48. The van der Waals surface area contributed by atoms with Crippen molar-refractivity contribution in [2.75, 3.05) is 0 Å². The number of rotatable bonds is 1. The fourth-order valence-electron chi connectivity index (χ4n) is 1.21. The van der Waals surface area contributed by atoms with Gasteiger partial charge in [-0.05, 0) is 69.4 Å². The van der Waals surface area contributed by atoms with Gasteiger partial charge in [0.05, 0.1) is 7.40 Å². The van der Waals surface area contributed by atoms with E-state index >= 15 is 0 Å². The molecular weight excluding hydrogens is 388 g/mol. The van der Waals surface area contributed by atoms with E-state index in [0.29, 0.717) is 0 Å². The fourth-order valence-corrected chi connectivity index (χ4v) is 3.11. The van der Waals surface area contributed by atoms with Crippen LogP contribution in [0.5, 0.6) is 0 Å². The van der Waals surface area contributed by atoms with E-state index in [2.05, 4.69) is 86.1 Å². The zero-order valence-electron chi connectivity index (χ0n) is 6.74. The first-order valence-corrected chi connectivity index (χ1v) is 6.03. The van der Waals surface area contributed by atoms with Crippen LogP contribution in [0, 0.1) is 7.40 Å². The molecule has 0 aliphatic rings. The zero-order valence-corrected chi connectivity index (χ0v) is 11.1. The van der Waals surface area contributed by atoms with Crippen molar-refractivity contribution in [2.45, 2.75) is 0 Å². The average molecular weight is 395 g/mol. The summed E-state index contributed by atoms with van der Waals surface area (Å²) in [5.41, 5.74) is 1.22. The lowest BCUT2D eigenvalue weighted by Gasteiger charge is -2.06. The van der Waals surface area contributed by atoms with Crippen molar-refractivity contribution < 1.29 is 0 Å². The van der Waals surface area contributed by atoms with Crippen molar-refractivity contribution in [1.82, 2.24) is 4.57 Å². The van der Waals surface area contributed by atoms with Gasteiger partial charge < -0.3 is 0 Å². The molecule has 1 aromatic heterocycles. The van der Waals surface area contributed by atoms with Gasteiger partial charge in [-0.2, -0.15) is 0 Å². The minimum atomic E-state index is 1.22. The highest BCUT2D eigenvalue weighted by atomic mass is 127. The number of para-hydroxylation sites is 1. The Morgan fingerprint density at radius 1 is 0.769 bits per heavy atom. The van der Waals surface area contributed by atoms with Crippen LogP contribution in [0.2, 0.25) is 0 Å². The molecule has 2 aromatic rings. The first-order valence-electron chi connectivity index (χ1n) is 3.87. The average Bonchev–Trinajstić information content (AvgIpc) is 2.48.